The van der Waals surface area contributed by atoms with E-state index in [1.807, 2.05) is 45.0 Å². The Kier molecular flexibility index (Phi) is 4.73. The van der Waals surface area contributed by atoms with Gasteiger partial charge in [-0.15, -0.1) is 0 Å². The summed E-state index contributed by atoms with van der Waals surface area (Å²) in [5, 5.41) is 14.5. The first-order valence-electron chi connectivity index (χ1n) is 9.49. The zero-order valence-electron chi connectivity index (χ0n) is 16.6. The number of benzene rings is 2. The second-order valence-electron chi connectivity index (χ2n) is 8.35. The van der Waals surface area contributed by atoms with Crippen molar-refractivity contribution < 1.29 is 14.7 Å². The fourth-order valence-corrected chi connectivity index (χ4v) is 4.96. The van der Waals surface area contributed by atoms with Crippen LogP contribution in [0.1, 0.15) is 48.0 Å². The van der Waals surface area contributed by atoms with Crippen molar-refractivity contribution in [2.45, 2.75) is 39.2 Å². The van der Waals surface area contributed by atoms with E-state index in [0.717, 1.165) is 26.7 Å². The van der Waals surface area contributed by atoms with E-state index in [1.165, 1.54) is 5.56 Å². The Hall–Kier alpha value is -2.67. The number of halogens is 1. The molecule has 150 valence electrons. The molecule has 3 aromatic rings. The molecule has 2 heterocycles. The van der Waals surface area contributed by atoms with Gasteiger partial charge in [-0.2, -0.15) is 9.78 Å². The predicted molar refractivity (Wildman–Crippen MR) is 114 cm³/mol. The van der Waals surface area contributed by atoms with Gasteiger partial charge in [0, 0.05) is 22.9 Å². The van der Waals surface area contributed by atoms with E-state index < -0.39 is 6.09 Å². The number of carboxylic acid groups (broad SMARTS) is 1. The molecule has 29 heavy (non-hydrogen) atoms. The maximum Gasteiger partial charge on any atom is 0.432 e. The van der Waals surface area contributed by atoms with Gasteiger partial charge in [-0.25, -0.2) is 4.79 Å². The van der Waals surface area contributed by atoms with Crippen molar-refractivity contribution in [3.8, 4) is 0 Å². The second-order valence-corrected chi connectivity index (χ2v) is 9.21. The first kappa shape index (κ1) is 19.6. The van der Waals surface area contributed by atoms with E-state index in [0.29, 0.717) is 24.0 Å². The summed E-state index contributed by atoms with van der Waals surface area (Å²) in [6.45, 7) is 7.19. The van der Waals surface area contributed by atoms with Crippen LogP contribution in [-0.4, -0.2) is 38.3 Å². The van der Waals surface area contributed by atoms with E-state index in [2.05, 4.69) is 27.1 Å². The van der Waals surface area contributed by atoms with Gasteiger partial charge in [0.15, 0.2) is 5.69 Å². The van der Waals surface area contributed by atoms with E-state index >= 15 is 0 Å². The average Bonchev–Trinajstić information content (AvgIpc) is 3.05. The lowest BCUT2D eigenvalue weighted by atomic mass is 9.84. The minimum atomic E-state index is -1.21. The van der Waals surface area contributed by atoms with Crippen LogP contribution in [0.25, 0.3) is 10.9 Å². The molecule has 1 aromatic heterocycles. The van der Waals surface area contributed by atoms with Crippen molar-refractivity contribution in [1.29, 1.82) is 0 Å². The quantitative estimate of drug-likeness (QED) is 0.570. The van der Waals surface area contributed by atoms with Crippen LogP contribution in [0, 0.1) is 0 Å². The highest BCUT2D eigenvalue weighted by Gasteiger charge is 2.31. The predicted octanol–water partition coefficient (Wildman–Crippen LogP) is 4.82. The molecule has 7 heteroatoms. The van der Waals surface area contributed by atoms with Crippen LogP contribution in [0.15, 0.2) is 40.9 Å². The molecule has 6 nitrogen and oxygen atoms in total. The smallest absolute Gasteiger partial charge is 0.432 e. The minimum Gasteiger partial charge on any atom is -0.463 e. The van der Waals surface area contributed by atoms with Crippen LogP contribution in [0.4, 0.5) is 4.79 Å². The maximum absolute atomic E-state index is 13.5. The summed E-state index contributed by atoms with van der Waals surface area (Å²) in [5.41, 5.74) is 3.54. The highest BCUT2D eigenvalue weighted by molar-refractivity contribution is 9.10. The summed E-state index contributed by atoms with van der Waals surface area (Å²) in [5.74, 6) is -0.242. The van der Waals surface area contributed by atoms with Crippen molar-refractivity contribution in [3.05, 3.63) is 63.3 Å². The second kappa shape index (κ2) is 6.99. The van der Waals surface area contributed by atoms with Crippen LogP contribution in [0.3, 0.4) is 0 Å². The van der Waals surface area contributed by atoms with Gasteiger partial charge in [-0.1, -0.05) is 61.0 Å². The number of hydrogen-bond acceptors (Lipinski definition) is 3. The number of carbonyl (C=O) groups is 2. The van der Waals surface area contributed by atoms with Crippen LogP contribution in [0.2, 0.25) is 0 Å². The number of fused-ring (bicyclic) bond motifs is 2. The highest BCUT2D eigenvalue weighted by atomic mass is 79.9. The molecule has 0 saturated heterocycles. The lowest BCUT2D eigenvalue weighted by Crippen LogP contribution is -2.36. The molecule has 0 spiro atoms. The number of amides is 1. The zero-order chi connectivity index (χ0) is 20.9. The topological polar surface area (TPSA) is 75.4 Å². The molecule has 2 aromatic carbocycles. The number of aromatic nitrogens is 2. The van der Waals surface area contributed by atoms with Gasteiger partial charge in [0.1, 0.15) is 0 Å². The summed E-state index contributed by atoms with van der Waals surface area (Å²) in [7, 11) is 0. The maximum atomic E-state index is 13.5. The van der Waals surface area contributed by atoms with E-state index in [1.54, 1.807) is 11.0 Å². The fraction of sp³-hybridized carbons (Fsp3) is 0.318. The summed E-state index contributed by atoms with van der Waals surface area (Å²) in [4.78, 5) is 27.0. The molecule has 4 rings (SSSR count). The molecule has 0 radical (unpaired) electrons. The van der Waals surface area contributed by atoms with E-state index in [9.17, 15) is 14.7 Å². The lowest BCUT2D eigenvalue weighted by Gasteiger charge is -2.29. The Morgan fingerprint density at radius 1 is 1.10 bits per heavy atom. The number of rotatable bonds is 1. The van der Waals surface area contributed by atoms with Crippen molar-refractivity contribution in [1.82, 2.24) is 14.7 Å². The zero-order valence-corrected chi connectivity index (χ0v) is 18.2. The third-order valence-corrected chi connectivity index (χ3v) is 6.01. The molecule has 1 aliphatic rings. The molecule has 1 N–H and O–H groups in total. The summed E-state index contributed by atoms with van der Waals surface area (Å²) < 4.78 is 1.74. The molecule has 0 fully saturated rings. The molecular weight excluding hydrogens is 434 g/mol. The SMILES string of the molecule is CC(C)(C)c1c(Br)ccc2c1c(C(=O)N1CCc3ccccc3C1)nn2C(=O)O. The Labute approximate surface area is 177 Å². The van der Waals surface area contributed by atoms with Gasteiger partial charge in [0.05, 0.1) is 5.52 Å². The standard InChI is InChI=1S/C22H22BrN3O3/c1-22(2,3)18-15(23)8-9-16-17(18)19(24-26(16)21(28)29)20(27)25-11-10-13-6-4-5-7-14(13)12-25/h4-9H,10-12H2,1-3H3,(H,28,29). The molecule has 0 bridgehead atoms. The number of nitrogens with zero attached hydrogens (tertiary/aromatic N) is 3. The van der Waals surface area contributed by atoms with Crippen molar-refractivity contribution in [2.75, 3.05) is 6.54 Å². The highest BCUT2D eigenvalue weighted by Crippen LogP contribution is 2.38. The Morgan fingerprint density at radius 2 is 1.79 bits per heavy atom. The van der Waals surface area contributed by atoms with Gasteiger partial charge in [-0.3, -0.25) is 4.79 Å². The fourth-order valence-electron chi connectivity index (χ4n) is 4.03. The molecule has 1 amide bonds. The van der Waals surface area contributed by atoms with Crippen LogP contribution in [0.5, 0.6) is 0 Å². The van der Waals surface area contributed by atoms with Crippen molar-refractivity contribution in [3.63, 3.8) is 0 Å². The largest absolute Gasteiger partial charge is 0.463 e. The number of hydrogen-bond donors (Lipinski definition) is 1. The van der Waals surface area contributed by atoms with Gasteiger partial charge in [-0.05, 0) is 40.7 Å². The lowest BCUT2D eigenvalue weighted by molar-refractivity contribution is 0.0730. The van der Waals surface area contributed by atoms with Crippen LogP contribution < -0.4 is 0 Å². The molecule has 0 saturated carbocycles. The molecular formula is C22H22BrN3O3. The normalized spacial score (nSPS) is 14.1. The Bertz CT molecular complexity index is 1140. The summed E-state index contributed by atoms with van der Waals surface area (Å²) >= 11 is 3.59. The first-order chi connectivity index (χ1) is 13.7. The number of carbonyl (C=O) groups excluding carboxylic acids is 1. The Balaban J connectivity index is 1.88. The molecule has 0 unspecified atom stereocenters. The van der Waals surface area contributed by atoms with Crippen LogP contribution in [-0.2, 0) is 18.4 Å². The first-order valence-corrected chi connectivity index (χ1v) is 10.3. The van der Waals surface area contributed by atoms with Gasteiger partial charge < -0.3 is 10.0 Å². The van der Waals surface area contributed by atoms with Crippen molar-refractivity contribution in [2.24, 2.45) is 0 Å². The van der Waals surface area contributed by atoms with E-state index in [4.69, 9.17) is 0 Å². The molecule has 1 aliphatic heterocycles. The van der Waals surface area contributed by atoms with Crippen LogP contribution >= 0.6 is 15.9 Å². The third kappa shape index (κ3) is 3.33. The van der Waals surface area contributed by atoms with Gasteiger partial charge >= 0.3 is 6.09 Å². The van der Waals surface area contributed by atoms with Gasteiger partial charge in [0.2, 0.25) is 0 Å². The molecule has 0 atom stereocenters. The monoisotopic (exact) mass is 455 g/mol. The van der Waals surface area contributed by atoms with Gasteiger partial charge in [0.25, 0.3) is 5.91 Å². The average molecular weight is 456 g/mol. The van der Waals surface area contributed by atoms with E-state index in [-0.39, 0.29) is 17.0 Å². The summed E-state index contributed by atoms with van der Waals surface area (Å²) in [6.07, 6.45) is -0.435. The van der Waals surface area contributed by atoms with Crippen molar-refractivity contribution >= 4 is 38.8 Å². The summed E-state index contributed by atoms with van der Waals surface area (Å²) in [6, 6.07) is 11.6. The molecule has 0 aliphatic carbocycles. The minimum absolute atomic E-state index is 0.188. The third-order valence-electron chi connectivity index (χ3n) is 5.35. The Morgan fingerprint density at radius 3 is 2.45 bits per heavy atom.